The van der Waals surface area contributed by atoms with Crippen LogP contribution in [0.3, 0.4) is 0 Å². The number of amides is 2. The maximum atomic E-state index is 12.1. The molecule has 2 amide bonds. The summed E-state index contributed by atoms with van der Waals surface area (Å²) in [4.78, 5) is 12.1. The molecule has 0 aliphatic carbocycles. The summed E-state index contributed by atoms with van der Waals surface area (Å²) < 4.78 is 5.14. The maximum Gasteiger partial charge on any atom is 0.319 e. The second-order valence-corrected chi connectivity index (χ2v) is 4.70. The van der Waals surface area contributed by atoms with Gasteiger partial charge in [0.25, 0.3) is 0 Å². The molecule has 0 aliphatic rings. The minimum Gasteiger partial charge on any atom is -0.497 e. The highest BCUT2D eigenvalue weighted by Crippen LogP contribution is 2.18. The zero-order chi connectivity index (χ0) is 15.1. The highest BCUT2D eigenvalue weighted by molar-refractivity contribution is 5.89. The Labute approximate surface area is 125 Å². The summed E-state index contributed by atoms with van der Waals surface area (Å²) in [7, 11) is 1.60. The van der Waals surface area contributed by atoms with Crippen molar-refractivity contribution in [2.24, 2.45) is 0 Å². The van der Waals surface area contributed by atoms with Gasteiger partial charge in [0.15, 0.2) is 0 Å². The lowest BCUT2D eigenvalue weighted by Gasteiger charge is -2.18. The maximum absolute atomic E-state index is 12.1. The lowest BCUT2D eigenvalue weighted by atomic mass is 10.1. The molecule has 2 N–H and O–H groups in total. The monoisotopic (exact) mass is 284 g/mol. The van der Waals surface area contributed by atoms with E-state index in [1.807, 2.05) is 55.5 Å². The molecule has 2 aromatic carbocycles. The van der Waals surface area contributed by atoms with Gasteiger partial charge in [0.2, 0.25) is 0 Å². The third-order valence-electron chi connectivity index (χ3n) is 3.24. The van der Waals surface area contributed by atoms with Crippen LogP contribution in [0.2, 0.25) is 0 Å². The largest absolute Gasteiger partial charge is 0.497 e. The lowest BCUT2D eigenvalue weighted by Crippen LogP contribution is -2.32. The Morgan fingerprint density at radius 1 is 1.14 bits per heavy atom. The summed E-state index contributed by atoms with van der Waals surface area (Å²) >= 11 is 0. The minimum atomic E-state index is -0.223. The number of benzene rings is 2. The molecular formula is C17H20N2O2. The van der Waals surface area contributed by atoms with E-state index in [0.717, 1.165) is 12.0 Å². The molecule has 0 saturated carbocycles. The molecule has 0 fully saturated rings. The smallest absolute Gasteiger partial charge is 0.319 e. The van der Waals surface area contributed by atoms with Gasteiger partial charge < -0.3 is 15.4 Å². The predicted octanol–water partition coefficient (Wildman–Crippen LogP) is 3.97. The van der Waals surface area contributed by atoms with Crippen molar-refractivity contribution < 1.29 is 9.53 Å². The summed E-state index contributed by atoms with van der Waals surface area (Å²) in [5.41, 5.74) is 1.80. The SMILES string of the molecule is CC[C@@H](NC(=O)Nc1cccc(OC)c1)c1ccccc1. The van der Waals surface area contributed by atoms with E-state index in [1.54, 1.807) is 13.2 Å². The number of hydrogen-bond donors (Lipinski definition) is 2. The molecule has 110 valence electrons. The number of methoxy groups -OCH3 is 1. The number of urea groups is 1. The third kappa shape index (κ3) is 4.24. The van der Waals surface area contributed by atoms with Crippen LogP contribution in [0.5, 0.6) is 5.75 Å². The molecule has 1 atom stereocenters. The Kier molecular flexibility index (Phi) is 5.21. The first-order chi connectivity index (χ1) is 10.2. The van der Waals surface area contributed by atoms with E-state index in [4.69, 9.17) is 4.74 Å². The van der Waals surface area contributed by atoms with Gasteiger partial charge in [0.05, 0.1) is 13.2 Å². The van der Waals surface area contributed by atoms with Crippen molar-refractivity contribution in [3.8, 4) is 5.75 Å². The summed E-state index contributed by atoms with van der Waals surface area (Å²) in [6.45, 7) is 2.05. The van der Waals surface area contributed by atoms with E-state index >= 15 is 0 Å². The Bertz CT molecular complexity index is 584. The summed E-state index contributed by atoms with van der Waals surface area (Å²) in [5.74, 6) is 0.711. The summed E-state index contributed by atoms with van der Waals surface area (Å²) in [5, 5.41) is 5.80. The average molecular weight is 284 g/mol. The Hall–Kier alpha value is -2.49. The van der Waals surface area contributed by atoms with E-state index < -0.39 is 0 Å². The normalized spacial score (nSPS) is 11.5. The zero-order valence-corrected chi connectivity index (χ0v) is 12.3. The topological polar surface area (TPSA) is 50.4 Å². The first-order valence-electron chi connectivity index (χ1n) is 6.99. The Balaban J connectivity index is 2.00. The molecule has 2 rings (SSSR count). The van der Waals surface area contributed by atoms with Gasteiger partial charge in [-0.25, -0.2) is 4.79 Å². The van der Waals surface area contributed by atoms with Crippen molar-refractivity contribution in [3.63, 3.8) is 0 Å². The summed E-state index contributed by atoms with van der Waals surface area (Å²) in [6.07, 6.45) is 0.829. The predicted molar refractivity (Wildman–Crippen MR) is 84.6 cm³/mol. The third-order valence-corrected chi connectivity index (χ3v) is 3.24. The molecule has 0 saturated heterocycles. The van der Waals surface area contributed by atoms with Crippen LogP contribution in [-0.4, -0.2) is 13.1 Å². The highest BCUT2D eigenvalue weighted by atomic mass is 16.5. The average Bonchev–Trinajstić information content (AvgIpc) is 2.53. The van der Waals surface area contributed by atoms with Crippen LogP contribution in [0.4, 0.5) is 10.5 Å². The molecular weight excluding hydrogens is 264 g/mol. The molecule has 0 bridgehead atoms. The van der Waals surface area contributed by atoms with Crippen LogP contribution in [0, 0.1) is 0 Å². The Morgan fingerprint density at radius 3 is 2.57 bits per heavy atom. The van der Waals surface area contributed by atoms with Crippen LogP contribution in [0.1, 0.15) is 24.9 Å². The molecule has 0 spiro atoms. The van der Waals surface area contributed by atoms with Crippen molar-refractivity contribution in [1.29, 1.82) is 0 Å². The van der Waals surface area contributed by atoms with E-state index in [2.05, 4.69) is 10.6 Å². The summed E-state index contributed by atoms with van der Waals surface area (Å²) in [6, 6.07) is 17.0. The van der Waals surface area contributed by atoms with Crippen LogP contribution in [-0.2, 0) is 0 Å². The van der Waals surface area contributed by atoms with Gasteiger partial charge >= 0.3 is 6.03 Å². The van der Waals surface area contributed by atoms with E-state index in [1.165, 1.54) is 0 Å². The first-order valence-corrected chi connectivity index (χ1v) is 6.99. The molecule has 2 aromatic rings. The molecule has 21 heavy (non-hydrogen) atoms. The molecule has 4 heteroatoms. The fourth-order valence-electron chi connectivity index (χ4n) is 2.13. The fourth-order valence-corrected chi connectivity index (χ4v) is 2.13. The van der Waals surface area contributed by atoms with Crippen molar-refractivity contribution in [2.45, 2.75) is 19.4 Å². The lowest BCUT2D eigenvalue weighted by molar-refractivity contribution is 0.248. The van der Waals surface area contributed by atoms with Gasteiger partial charge in [-0.15, -0.1) is 0 Å². The first kappa shape index (κ1) is 14.9. The molecule has 0 radical (unpaired) electrons. The number of carbonyl (C=O) groups is 1. The number of carbonyl (C=O) groups excluding carboxylic acids is 1. The van der Waals surface area contributed by atoms with E-state index in [-0.39, 0.29) is 12.1 Å². The van der Waals surface area contributed by atoms with Gasteiger partial charge in [-0.2, -0.15) is 0 Å². The molecule has 0 heterocycles. The number of hydrogen-bond acceptors (Lipinski definition) is 2. The van der Waals surface area contributed by atoms with Gasteiger partial charge in [-0.1, -0.05) is 43.3 Å². The molecule has 4 nitrogen and oxygen atoms in total. The van der Waals surface area contributed by atoms with Crippen LogP contribution in [0.15, 0.2) is 54.6 Å². The van der Waals surface area contributed by atoms with Crippen LogP contribution >= 0.6 is 0 Å². The zero-order valence-electron chi connectivity index (χ0n) is 12.3. The quantitative estimate of drug-likeness (QED) is 0.873. The number of nitrogens with one attached hydrogen (secondary N) is 2. The van der Waals surface area contributed by atoms with Crippen LogP contribution in [0.25, 0.3) is 0 Å². The van der Waals surface area contributed by atoms with Crippen molar-refractivity contribution in [1.82, 2.24) is 5.32 Å². The number of rotatable bonds is 5. The van der Waals surface area contributed by atoms with Crippen LogP contribution < -0.4 is 15.4 Å². The number of ether oxygens (including phenoxy) is 1. The molecule has 0 aromatic heterocycles. The minimum absolute atomic E-state index is 0.00296. The van der Waals surface area contributed by atoms with Gasteiger partial charge in [-0.3, -0.25) is 0 Å². The van der Waals surface area contributed by atoms with E-state index in [9.17, 15) is 4.79 Å². The van der Waals surface area contributed by atoms with Gasteiger partial charge in [0.1, 0.15) is 5.75 Å². The van der Waals surface area contributed by atoms with Crippen molar-refractivity contribution >= 4 is 11.7 Å². The number of anilines is 1. The van der Waals surface area contributed by atoms with Gasteiger partial charge in [0, 0.05) is 11.8 Å². The van der Waals surface area contributed by atoms with Crippen molar-refractivity contribution in [3.05, 3.63) is 60.2 Å². The van der Waals surface area contributed by atoms with Crippen molar-refractivity contribution in [2.75, 3.05) is 12.4 Å². The second kappa shape index (κ2) is 7.33. The second-order valence-electron chi connectivity index (χ2n) is 4.70. The Morgan fingerprint density at radius 2 is 1.90 bits per heavy atom. The fraction of sp³-hybridized carbons (Fsp3) is 0.235. The standard InChI is InChI=1S/C17H20N2O2/c1-3-16(13-8-5-4-6-9-13)19-17(20)18-14-10-7-11-15(12-14)21-2/h4-12,16H,3H2,1-2H3,(H2,18,19,20)/t16-/m1/s1. The molecule has 0 aliphatic heterocycles. The highest BCUT2D eigenvalue weighted by Gasteiger charge is 2.12. The van der Waals surface area contributed by atoms with E-state index in [0.29, 0.717) is 11.4 Å². The van der Waals surface area contributed by atoms with Gasteiger partial charge in [-0.05, 0) is 24.1 Å². The molecule has 0 unspecified atom stereocenters.